The van der Waals surface area contributed by atoms with Gasteiger partial charge in [-0.15, -0.1) is 0 Å². The molecule has 10 heterocycles. The topological polar surface area (TPSA) is 146 Å². The van der Waals surface area contributed by atoms with Gasteiger partial charge in [0.15, 0.2) is 5.79 Å². The molecule has 0 aromatic heterocycles. The molecular formula is C40H59NO11. The Kier molecular flexibility index (Phi) is 10.0. The molecule has 12 nitrogen and oxygen atoms in total. The smallest absolute Gasteiger partial charge is 0.172 e. The fourth-order valence-corrected chi connectivity index (χ4v) is 11.3. The number of hydrogen-bond acceptors (Lipinski definition) is 12. The quantitative estimate of drug-likeness (QED) is 0.409. The van der Waals surface area contributed by atoms with Gasteiger partial charge in [-0.1, -0.05) is 20.1 Å². The third-order valence-electron chi connectivity index (χ3n) is 14.0. The molecule has 0 aliphatic carbocycles. The van der Waals surface area contributed by atoms with Crippen molar-refractivity contribution in [3.63, 3.8) is 0 Å². The van der Waals surface area contributed by atoms with Crippen molar-refractivity contribution < 1.29 is 52.5 Å². The van der Waals surface area contributed by atoms with Gasteiger partial charge < -0.3 is 53.5 Å². The summed E-state index contributed by atoms with van der Waals surface area (Å²) in [5.74, 6) is -0.619. The third-order valence-corrected chi connectivity index (χ3v) is 14.0. The predicted molar refractivity (Wildman–Crippen MR) is 186 cm³/mol. The number of hydrogen-bond donors (Lipinski definition) is 2. The number of ether oxygens (including phenoxy) is 9. The molecule has 10 saturated heterocycles. The van der Waals surface area contributed by atoms with Gasteiger partial charge in [-0.05, 0) is 62.0 Å². The van der Waals surface area contributed by atoms with Crippen LogP contribution in [0.5, 0.6) is 0 Å². The maximum Gasteiger partial charge on any atom is 0.172 e. The van der Waals surface area contributed by atoms with E-state index in [9.17, 15) is 9.90 Å². The van der Waals surface area contributed by atoms with Gasteiger partial charge in [0.05, 0.1) is 67.1 Å². The molecule has 12 bridgehead atoms. The summed E-state index contributed by atoms with van der Waals surface area (Å²) >= 11 is 0. The molecule has 0 amide bonds. The molecule has 12 heteroatoms. The molecule has 10 rings (SSSR count). The highest BCUT2D eigenvalue weighted by Crippen LogP contribution is 2.54. The van der Waals surface area contributed by atoms with Gasteiger partial charge in [0, 0.05) is 58.1 Å². The van der Waals surface area contributed by atoms with Crippen molar-refractivity contribution >= 4 is 5.78 Å². The van der Waals surface area contributed by atoms with E-state index in [4.69, 9.17) is 48.4 Å². The highest BCUT2D eigenvalue weighted by molar-refractivity contribution is 5.79. The van der Waals surface area contributed by atoms with Gasteiger partial charge in [0.2, 0.25) is 0 Å². The van der Waals surface area contributed by atoms with E-state index in [1.807, 2.05) is 0 Å². The van der Waals surface area contributed by atoms with Crippen LogP contribution >= 0.6 is 0 Å². The molecule has 0 saturated carbocycles. The largest absolute Gasteiger partial charge is 0.392 e. The lowest BCUT2D eigenvalue weighted by Gasteiger charge is -2.47. The third kappa shape index (κ3) is 6.59. The Labute approximate surface area is 307 Å². The van der Waals surface area contributed by atoms with Gasteiger partial charge >= 0.3 is 0 Å². The molecule has 10 aliphatic heterocycles. The van der Waals surface area contributed by atoms with Crippen molar-refractivity contribution in [2.24, 2.45) is 17.6 Å². The van der Waals surface area contributed by atoms with Crippen LogP contribution < -0.4 is 5.73 Å². The van der Waals surface area contributed by atoms with E-state index >= 15 is 0 Å². The summed E-state index contributed by atoms with van der Waals surface area (Å²) in [6.45, 7) is 11.3. The Balaban J connectivity index is 0.994. The van der Waals surface area contributed by atoms with Crippen molar-refractivity contribution in [3.8, 4) is 0 Å². The SMILES string of the molecule is C=C1C[C@@H]2CC[C@@]34CC5O[C@H]6[C@@H](O3)[C@H]3O[C@H](CC[C@@H]3O[C@H]6[C@H]5O4)CC(=O)CC3C(C[C@H]4O[C@@H](CC[C@@H]1O2)C[C@@H](C)C4=C)O[C@H](C[C@H](O)CN)[C@@H]3OC. The molecule has 0 aromatic carbocycles. The predicted octanol–water partition coefficient (Wildman–Crippen LogP) is 3.44. The van der Waals surface area contributed by atoms with E-state index in [2.05, 4.69) is 20.1 Å². The first-order chi connectivity index (χ1) is 25.1. The van der Waals surface area contributed by atoms with Crippen molar-refractivity contribution in [1.82, 2.24) is 0 Å². The minimum atomic E-state index is -0.780. The zero-order valence-corrected chi connectivity index (χ0v) is 30.8. The molecular weight excluding hydrogens is 670 g/mol. The Hall–Kier alpha value is -1.29. The summed E-state index contributed by atoms with van der Waals surface area (Å²) < 4.78 is 60.0. The van der Waals surface area contributed by atoms with Crippen LogP contribution in [0, 0.1) is 11.8 Å². The second kappa shape index (κ2) is 14.3. The van der Waals surface area contributed by atoms with Crippen molar-refractivity contribution in [2.75, 3.05) is 13.7 Å². The van der Waals surface area contributed by atoms with Crippen LogP contribution in [0.3, 0.4) is 0 Å². The van der Waals surface area contributed by atoms with E-state index in [1.165, 1.54) is 0 Å². The number of carbonyl (C=O) groups is 1. The Morgan fingerprint density at radius 2 is 1.56 bits per heavy atom. The monoisotopic (exact) mass is 729 g/mol. The summed E-state index contributed by atoms with van der Waals surface area (Å²) in [7, 11) is 1.66. The first-order valence-electron chi connectivity index (χ1n) is 20.2. The number of fused-ring (bicyclic) bond motifs is 6. The average Bonchev–Trinajstić information content (AvgIpc) is 3.79. The highest BCUT2D eigenvalue weighted by Gasteiger charge is 2.68. The summed E-state index contributed by atoms with van der Waals surface area (Å²) in [5.41, 5.74) is 8.01. The lowest BCUT2D eigenvalue weighted by atomic mass is 9.81. The first-order valence-corrected chi connectivity index (χ1v) is 20.2. The van der Waals surface area contributed by atoms with E-state index < -0.39 is 18.0 Å². The van der Waals surface area contributed by atoms with Crippen LogP contribution in [0.25, 0.3) is 0 Å². The fourth-order valence-electron chi connectivity index (χ4n) is 11.3. The van der Waals surface area contributed by atoms with Crippen LogP contribution in [0.4, 0.5) is 0 Å². The number of aliphatic hydroxyl groups excluding tert-OH is 1. The number of methoxy groups -OCH3 is 1. The number of aliphatic hydroxyl groups is 1. The molecule has 3 unspecified atom stereocenters. The molecule has 290 valence electrons. The van der Waals surface area contributed by atoms with E-state index in [0.717, 1.165) is 56.1 Å². The number of carbonyl (C=O) groups excluding carboxylic acids is 1. The van der Waals surface area contributed by atoms with Crippen LogP contribution in [-0.4, -0.2) is 128 Å². The number of Topliss-reactive ketones (excluding diaryl/α,β-unsaturated/α-hetero) is 1. The molecule has 10 aliphatic rings. The second-order valence-electron chi connectivity index (χ2n) is 17.4. The molecule has 10 fully saturated rings. The maximum atomic E-state index is 14.1. The van der Waals surface area contributed by atoms with Gasteiger partial charge in [0.25, 0.3) is 0 Å². The van der Waals surface area contributed by atoms with Crippen LogP contribution in [-0.2, 0) is 47.4 Å². The molecule has 3 N–H and O–H groups in total. The van der Waals surface area contributed by atoms with Gasteiger partial charge in [-0.3, -0.25) is 4.79 Å². The second-order valence-corrected chi connectivity index (χ2v) is 17.4. The Morgan fingerprint density at radius 1 is 0.808 bits per heavy atom. The summed E-state index contributed by atoms with van der Waals surface area (Å²) in [4.78, 5) is 14.1. The van der Waals surface area contributed by atoms with Crippen LogP contribution in [0.2, 0.25) is 0 Å². The minimum absolute atomic E-state index is 0.0158. The lowest BCUT2D eigenvalue weighted by Crippen LogP contribution is -2.61. The normalized spacial score (nSPS) is 52.4. The van der Waals surface area contributed by atoms with Crippen LogP contribution in [0.15, 0.2) is 24.3 Å². The number of rotatable bonds is 4. The fraction of sp³-hybridized carbons (Fsp3) is 0.875. The summed E-state index contributed by atoms with van der Waals surface area (Å²) in [6.07, 6.45) is 4.85. The zero-order chi connectivity index (χ0) is 35.9. The van der Waals surface area contributed by atoms with Gasteiger partial charge in [-0.25, -0.2) is 0 Å². The van der Waals surface area contributed by atoms with Crippen molar-refractivity contribution in [3.05, 3.63) is 24.3 Å². The number of nitrogens with two attached hydrogens (primary N) is 1. The van der Waals surface area contributed by atoms with Crippen molar-refractivity contribution in [1.29, 1.82) is 0 Å². The van der Waals surface area contributed by atoms with Crippen molar-refractivity contribution in [2.45, 2.75) is 194 Å². The molecule has 0 aromatic rings. The van der Waals surface area contributed by atoms with E-state index in [-0.39, 0.29) is 122 Å². The maximum absolute atomic E-state index is 14.1. The van der Waals surface area contributed by atoms with Crippen LogP contribution in [0.1, 0.15) is 90.4 Å². The first kappa shape index (κ1) is 36.4. The Bertz CT molecular complexity index is 1380. The lowest BCUT2D eigenvalue weighted by molar-refractivity contribution is -0.292. The minimum Gasteiger partial charge on any atom is -0.392 e. The molecule has 0 radical (unpaired) electrons. The van der Waals surface area contributed by atoms with E-state index in [1.54, 1.807) is 7.11 Å². The Morgan fingerprint density at radius 3 is 2.38 bits per heavy atom. The average molecular weight is 730 g/mol. The molecule has 52 heavy (non-hydrogen) atoms. The summed E-state index contributed by atoms with van der Waals surface area (Å²) in [5, 5.41) is 10.5. The molecule has 19 atom stereocenters. The van der Waals surface area contributed by atoms with Gasteiger partial charge in [0.1, 0.15) is 36.3 Å². The standard InChI is InChI=1S/C40H59NO11/c1-19-11-24-5-7-28-20(2)12-26(45-28)9-10-40-17-33-36(51-40)37-38(50-33)39(52-40)35-29(49-37)8-6-25(47-35)13-22(42)14-27-31(16-30(46-24)21(19)3)48-32(34(27)44-4)15-23(43)18-41/h19,23-39,43H,2-3,5-18,41H2,1,4H3/t19-,23+,24+,25-,26+,27?,28+,29+,30-,31?,32-,33?,34-,35+,36+,37+,38-,39+,40+/m1/s1. The number of ketones is 1. The molecule has 1 spiro atoms. The van der Waals surface area contributed by atoms with E-state index in [0.29, 0.717) is 25.7 Å². The van der Waals surface area contributed by atoms with Gasteiger partial charge in [-0.2, -0.15) is 0 Å². The summed E-state index contributed by atoms with van der Waals surface area (Å²) in [6, 6.07) is 0. The zero-order valence-electron chi connectivity index (χ0n) is 30.8. The highest BCUT2D eigenvalue weighted by atomic mass is 16.8.